The fourth-order valence-electron chi connectivity index (χ4n) is 3.15. The first-order valence-electron chi connectivity index (χ1n) is 13.8. The molecule has 37 heavy (non-hydrogen) atoms. The number of carbonyl (C=O) groups excluding carboxylic acids is 2. The van der Waals surface area contributed by atoms with Crippen LogP contribution in [0.15, 0.2) is 60.8 Å². The molecule has 0 aromatic rings. The van der Waals surface area contributed by atoms with Gasteiger partial charge in [0.2, 0.25) is 11.8 Å². The van der Waals surface area contributed by atoms with Gasteiger partial charge in [0.05, 0.1) is 6.04 Å². The maximum absolute atomic E-state index is 11.9. The molecule has 0 rings (SSSR count). The van der Waals surface area contributed by atoms with E-state index in [1.165, 1.54) is 0 Å². The Morgan fingerprint density at radius 3 is 1.76 bits per heavy atom. The third-order valence-electron chi connectivity index (χ3n) is 5.07. The van der Waals surface area contributed by atoms with Crippen molar-refractivity contribution >= 4 is 33.4 Å². The zero-order valence-electron chi connectivity index (χ0n) is 23.3. The van der Waals surface area contributed by atoms with Crippen LogP contribution in [0, 0.1) is 5.92 Å². The van der Waals surface area contributed by atoms with E-state index in [0.717, 1.165) is 56.5 Å². The Morgan fingerprint density at radius 1 is 0.757 bits per heavy atom. The maximum Gasteiger partial charge on any atom is 0.236 e. The largest absolute Gasteiger partial charge is 0.355 e. The first kappa shape index (κ1) is 35.3. The van der Waals surface area contributed by atoms with Crippen molar-refractivity contribution in [3.05, 3.63) is 60.8 Å². The van der Waals surface area contributed by atoms with E-state index in [1.807, 2.05) is 0 Å². The predicted molar refractivity (Wildman–Crippen MR) is 167 cm³/mol. The Bertz CT molecular complexity index is 716. The lowest BCUT2D eigenvalue weighted by molar-refractivity contribution is -0.122. The second-order valence-electron chi connectivity index (χ2n) is 9.12. The quantitative estimate of drug-likeness (QED) is 0.0734. The molecule has 0 saturated heterocycles. The number of carbonyl (C=O) groups is 2. The molecule has 0 spiro atoms. The molecule has 0 heterocycles. The summed E-state index contributed by atoms with van der Waals surface area (Å²) in [5, 5.41) is 5.85. The van der Waals surface area contributed by atoms with Gasteiger partial charge < -0.3 is 16.4 Å². The van der Waals surface area contributed by atoms with Gasteiger partial charge in [-0.05, 0) is 57.3 Å². The minimum absolute atomic E-state index is 0.0730. The lowest BCUT2D eigenvalue weighted by Crippen LogP contribution is -2.42. The molecular weight excluding hydrogens is 498 g/mol. The fraction of sp³-hybridized carbons (Fsp3) is 0.600. The third-order valence-corrected chi connectivity index (χ3v) is 7.48. The van der Waals surface area contributed by atoms with Crippen LogP contribution < -0.4 is 16.4 Å². The van der Waals surface area contributed by atoms with Crippen molar-refractivity contribution in [3.63, 3.8) is 0 Å². The van der Waals surface area contributed by atoms with Crippen LogP contribution in [0.4, 0.5) is 0 Å². The number of allylic oxidation sites excluding steroid dienone is 10. The Labute approximate surface area is 234 Å². The smallest absolute Gasteiger partial charge is 0.236 e. The van der Waals surface area contributed by atoms with Crippen molar-refractivity contribution in [2.45, 2.75) is 84.6 Å². The van der Waals surface area contributed by atoms with E-state index in [1.54, 1.807) is 21.6 Å². The highest BCUT2D eigenvalue weighted by Crippen LogP contribution is 2.19. The van der Waals surface area contributed by atoms with Crippen molar-refractivity contribution in [3.8, 4) is 0 Å². The van der Waals surface area contributed by atoms with Crippen LogP contribution in [0.2, 0.25) is 0 Å². The molecule has 0 saturated carbocycles. The van der Waals surface area contributed by atoms with E-state index < -0.39 is 6.04 Å². The van der Waals surface area contributed by atoms with Gasteiger partial charge in [-0.3, -0.25) is 9.59 Å². The zero-order valence-corrected chi connectivity index (χ0v) is 25.0. The van der Waals surface area contributed by atoms with E-state index in [4.69, 9.17) is 5.73 Å². The van der Waals surface area contributed by atoms with Gasteiger partial charge in [-0.15, -0.1) is 0 Å². The summed E-state index contributed by atoms with van der Waals surface area (Å²) in [4.78, 5) is 23.8. The number of rotatable bonds is 23. The average molecular weight is 550 g/mol. The van der Waals surface area contributed by atoms with Gasteiger partial charge in [-0.1, -0.05) is 103 Å². The Morgan fingerprint density at radius 2 is 1.24 bits per heavy atom. The molecule has 210 valence electrons. The molecule has 0 bridgehead atoms. The standard InChI is InChI=1S/C30H51N3O2S2/c1-4-5-6-7-8-9-10-11-12-13-14-15-16-17-18-19-20-21-29(34)32-22-24-36-37-25-23-33-30(35)28(31)26-27(2)3/h5-6,8-9,11-12,14-15,17-18,27-28H,4,7,10,13,16,19-26,31H2,1-3H3,(H,32,34)(H,33,35)/t28-/m0/s1. The van der Waals surface area contributed by atoms with Crippen LogP contribution in [0.5, 0.6) is 0 Å². The lowest BCUT2D eigenvalue weighted by Gasteiger charge is -2.13. The molecule has 0 aliphatic rings. The summed E-state index contributed by atoms with van der Waals surface area (Å²) >= 11 is 0. The van der Waals surface area contributed by atoms with E-state index in [-0.39, 0.29) is 11.8 Å². The summed E-state index contributed by atoms with van der Waals surface area (Å²) < 4.78 is 0. The van der Waals surface area contributed by atoms with E-state index in [9.17, 15) is 9.59 Å². The fourth-order valence-corrected chi connectivity index (χ4v) is 4.96. The van der Waals surface area contributed by atoms with Crippen molar-refractivity contribution in [2.24, 2.45) is 11.7 Å². The normalized spacial score (nSPS) is 13.2. The molecule has 7 heteroatoms. The summed E-state index contributed by atoms with van der Waals surface area (Å²) in [6.45, 7) is 7.56. The van der Waals surface area contributed by atoms with Crippen LogP contribution in [0.25, 0.3) is 0 Å². The predicted octanol–water partition coefficient (Wildman–Crippen LogP) is 6.90. The van der Waals surface area contributed by atoms with Gasteiger partial charge in [0.15, 0.2) is 0 Å². The topological polar surface area (TPSA) is 84.2 Å². The molecule has 1 atom stereocenters. The molecule has 0 aliphatic carbocycles. The van der Waals surface area contributed by atoms with E-state index in [0.29, 0.717) is 31.8 Å². The average Bonchev–Trinajstić information content (AvgIpc) is 2.86. The van der Waals surface area contributed by atoms with Gasteiger partial charge in [-0.2, -0.15) is 0 Å². The van der Waals surface area contributed by atoms with Gasteiger partial charge in [0.1, 0.15) is 0 Å². The van der Waals surface area contributed by atoms with E-state index in [2.05, 4.69) is 92.2 Å². The second kappa shape index (κ2) is 27.3. The minimum atomic E-state index is -0.422. The highest BCUT2D eigenvalue weighted by atomic mass is 33.1. The van der Waals surface area contributed by atoms with Crippen LogP contribution in [-0.4, -0.2) is 42.5 Å². The molecular formula is C30H51N3O2S2. The molecule has 0 aromatic heterocycles. The summed E-state index contributed by atoms with van der Waals surface area (Å²) in [5.41, 5.74) is 5.86. The summed E-state index contributed by atoms with van der Waals surface area (Å²) in [6, 6.07) is -0.422. The number of hydrogen-bond acceptors (Lipinski definition) is 5. The molecule has 0 radical (unpaired) electrons. The summed E-state index contributed by atoms with van der Waals surface area (Å²) in [7, 11) is 3.41. The molecule has 5 nitrogen and oxygen atoms in total. The highest BCUT2D eigenvalue weighted by Gasteiger charge is 2.13. The van der Waals surface area contributed by atoms with E-state index >= 15 is 0 Å². The van der Waals surface area contributed by atoms with Gasteiger partial charge in [-0.25, -0.2) is 0 Å². The molecule has 2 amide bonds. The number of nitrogens with one attached hydrogen (secondary N) is 2. The third kappa shape index (κ3) is 27.2. The number of amides is 2. The summed E-state index contributed by atoms with van der Waals surface area (Å²) in [6.07, 6.45) is 30.0. The van der Waals surface area contributed by atoms with Crippen molar-refractivity contribution in [1.82, 2.24) is 10.6 Å². The van der Waals surface area contributed by atoms with Gasteiger partial charge in [0, 0.05) is 31.0 Å². The first-order chi connectivity index (χ1) is 18.0. The second-order valence-corrected chi connectivity index (χ2v) is 11.8. The van der Waals surface area contributed by atoms with Crippen LogP contribution in [0.3, 0.4) is 0 Å². The maximum atomic E-state index is 11.9. The SMILES string of the molecule is CCC=CCC=CCC=CCC=CCC=CCCCC(=O)NCCSSCCNC(=O)[C@@H](N)CC(C)C. The molecule has 0 aromatic carbocycles. The Hall–Kier alpha value is -1.70. The van der Waals surface area contributed by atoms with Crippen molar-refractivity contribution in [2.75, 3.05) is 24.6 Å². The monoisotopic (exact) mass is 549 g/mol. The molecule has 0 aliphatic heterocycles. The zero-order chi connectivity index (χ0) is 27.4. The summed E-state index contributed by atoms with van der Waals surface area (Å²) in [5.74, 6) is 2.14. The Balaban J connectivity index is 3.53. The van der Waals surface area contributed by atoms with Crippen LogP contribution >= 0.6 is 21.6 Å². The van der Waals surface area contributed by atoms with Crippen molar-refractivity contribution < 1.29 is 9.59 Å². The molecule has 0 unspecified atom stereocenters. The Kier molecular flexibility index (Phi) is 26.1. The molecule has 4 N–H and O–H groups in total. The number of nitrogens with two attached hydrogens (primary N) is 1. The van der Waals surface area contributed by atoms with Gasteiger partial charge >= 0.3 is 0 Å². The van der Waals surface area contributed by atoms with Crippen molar-refractivity contribution in [1.29, 1.82) is 0 Å². The highest BCUT2D eigenvalue weighted by molar-refractivity contribution is 8.76. The minimum Gasteiger partial charge on any atom is -0.355 e. The number of unbranched alkanes of at least 4 members (excludes halogenated alkanes) is 1. The lowest BCUT2D eigenvalue weighted by atomic mass is 10.0. The number of hydrogen-bond donors (Lipinski definition) is 3. The van der Waals surface area contributed by atoms with Crippen LogP contribution in [0.1, 0.15) is 78.6 Å². The van der Waals surface area contributed by atoms with Crippen LogP contribution in [-0.2, 0) is 9.59 Å². The molecule has 0 fully saturated rings. The first-order valence-corrected chi connectivity index (χ1v) is 16.3. The van der Waals surface area contributed by atoms with Gasteiger partial charge in [0.25, 0.3) is 0 Å².